The molecule has 1 aliphatic carbocycles. The minimum atomic E-state index is -0.383. The van der Waals surface area contributed by atoms with Gasteiger partial charge in [0.05, 0.1) is 23.5 Å². The molecule has 1 unspecified atom stereocenters. The first-order valence-corrected chi connectivity index (χ1v) is 14.7. The van der Waals surface area contributed by atoms with Gasteiger partial charge in [0.15, 0.2) is 0 Å². The van der Waals surface area contributed by atoms with Gasteiger partial charge in [0.25, 0.3) is 0 Å². The SMILES string of the molecule is CC(C)[C@@H]1Nc2nc(nc3ccccc23)CN2CCN(C3CCC(C#N)(c4ccccc4)CC3)CC2CNC1=O. The first kappa shape index (κ1) is 26.7. The Balaban J connectivity index is 1.22. The number of aromatic nitrogens is 2. The Morgan fingerprint density at radius 3 is 2.45 bits per heavy atom. The van der Waals surface area contributed by atoms with E-state index in [1.807, 2.05) is 42.5 Å². The van der Waals surface area contributed by atoms with E-state index in [0.717, 1.165) is 73.4 Å². The van der Waals surface area contributed by atoms with E-state index < -0.39 is 0 Å². The van der Waals surface area contributed by atoms with Gasteiger partial charge in [-0.15, -0.1) is 0 Å². The summed E-state index contributed by atoms with van der Waals surface area (Å²) < 4.78 is 0. The second-order valence-corrected chi connectivity index (χ2v) is 12.0. The molecule has 1 amide bonds. The molecule has 8 nitrogen and oxygen atoms in total. The Morgan fingerprint density at radius 1 is 0.975 bits per heavy atom. The molecule has 3 heterocycles. The number of nitrogens with zero attached hydrogens (tertiary/aromatic N) is 5. The fourth-order valence-electron chi connectivity index (χ4n) is 6.83. The number of carbonyl (C=O) groups is 1. The highest BCUT2D eigenvalue weighted by atomic mass is 16.2. The normalized spacial score (nSPS) is 28.1. The summed E-state index contributed by atoms with van der Waals surface area (Å²) in [6.45, 7) is 8.12. The third kappa shape index (κ3) is 5.16. The van der Waals surface area contributed by atoms with Crippen molar-refractivity contribution in [1.82, 2.24) is 25.1 Å². The van der Waals surface area contributed by atoms with Gasteiger partial charge in [-0.2, -0.15) is 5.26 Å². The van der Waals surface area contributed by atoms with Gasteiger partial charge >= 0.3 is 0 Å². The van der Waals surface area contributed by atoms with Gasteiger partial charge in [-0.1, -0.05) is 56.3 Å². The minimum Gasteiger partial charge on any atom is -0.358 e. The van der Waals surface area contributed by atoms with Crippen LogP contribution >= 0.6 is 0 Å². The smallest absolute Gasteiger partial charge is 0.242 e. The van der Waals surface area contributed by atoms with Crippen LogP contribution in [0.4, 0.5) is 5.82 Å². The van der Waals surface area contributed by atoms with Gasteiger partial charge in [-0.3, -0.25) is 14.6 Å². The van der Waals surface area contributed by atoms with Crippen LogP contribution in [0.25, 0.3) is 10.9 Å². The van der Waals surface area contributed by atoms with E-state index in [2.05, 4.69) is 52.5 Å². The topological polar surface area (TPSA) is 97.2 Å². The van der Waals surface area contributed by atoms with Gasteiger partial charge in [-0.05, 0) is 49.3 Å². The number of benzene rings is 2. The summed E-state index contributed by atoms with van der Waals surface area (Å²) in [5.74, 6) is 1.63. The highest BCUT2D eigenvalue weighted by molar-refractivity contribution is 5.92. The lowest BCUT2D eigenvalue weighted by Gasteiger charge is -2.47. The number of nitriles is 1. The van der Waals surface area contributed by atoms with Crippen LogP contribution in [0.1, 0.15) is 50.9 Å². The fraction of sp³-hybridized carbons (Fsp3) is 0.500. The molecule has 0 spiro atoms. The third-order valence-corrected chi connectivity index (χ3v) is 9.25. The van der Waals surface area contributed by atoms with E-state index in [0.29, 0.717) is 19.1 Å². The summed E-state index contributed by atoms with van der Waals surface area (Å²) in [6, 6.07) is 21.2. The van der Waals surface area contributed by atoms with Crippen molar-refractivity contribution in [2.75, 3.05) is 31.5 Å². The van der Waals surface area contributed by atoms with Crippen LogP contribution in [-0.4, -0.2) is 70.0 Å². The maximum Gasteiger partial charge on any atom is 0.242 e. The van der Waals surface area contributed by atoms with Crippen molar-refractivity contribution in [2.24, 2.45) is 5.92 Å². The van der Waals surface area contributed by atoms with Crippen LogP contribution in [0, 0.1) is 17.2 Å². The summed E-state index contributed by atoms with van der Waals surface area (Å²) in [6.07, 6.45) is 3.79. The predicted octanol–water partition coefficient (Wildman–Crippen LogP) is 4.09. The van der Waals surface area contributed by atoms with Gasteiger partial charge in [0.2, 0.25) is 5.91 Å². The summed E-state index contributed by atoms with van der Waals surface area (Å²) in [5.41, 5.74) is 1.66. The standard InChI is InChI=1S/C32H39N7O/c1-22(2)29-31(40)34-18-25-19-38(24-12-14-32(21-33,15-13-24)23-8-4-3-5-9-23)16-17-39(25)20-28-35-27-11-7-6-10-26(27)30(36-28)37-29/h3-11,22,24-25,29H,12-20H2,1-2H3,(H,34,40)(H,35,36,37)/t24?,25?,29-,32?/m0/s1. The molecule has 2 fully saturated rings. The van der Waals surface area contributed by atoms with Gasteiger partial charge in [-0.25, -0.2) is 9.97 Å². The molecule has 2 aromatic carbocycles. The molecule has 1 aromatic heterocycles. The van der Waals surface area contributed by atoms with Crippen molar-refractivity contribution in [1.29, 1.82) is 5.26 Å². The lowest BCUT2D eigenvalue weighted by Crippen LogP contribution is -2.60. The van der Waals surface area contributed by atoms with Crippen LogP contribution in [0.3, 0.4) is 0 Å². The summed E-state index contributed by atoms with van der Waals surface area (Å²) in [5, 5.41) is 17.8. The number of para-hydroxylation sites is 1. The molecule has 2 N–H and O–H groups in total. The Hall–Kier alpha value is -3.54. The number of rotatable bonds is 3. The van der Waals surface area contributed by atoms with Gasteiger partial charge < -0.3 is 10.6 Å². The zero-order valence-corrected chi connectivity index (χ0v) is 23.5. The van der Waals surface area contributed by atoms with Gasteiger partial charge in [0.1, 0.15) is 17.7 Å². The Kier molecular flexibility index (Phi) is 7.43. The van der Waals surface area contributed by atoms with Crippen LogP contribution in [0.2, 0.25) is 0 Å². The Bertz CT molecular complexity index is 1390. The van der Waals surface area contributed by atoms with E-state index in [1.165, 1.54) is 0 Å². The van der Waals surface area contributed by atoms with E-state index in [4.69, 9.17) is 9.97 Å². The molecular weight excluding hydrogens is 498 g/mol. The quantitative estimate of drug-likeness (QED) is 0.520. The average molecular weight is 538 g/mol. The lowest BCUT2D eigenvalue weighted by atomic mass is 9.69. The monoisotopic (exact) mass is 537 g/mol. The first-order chi connectivity index (χ1) is 19.5. The molecule has 208 valence electrons. The molecule has 0 radical (unpaired) electrons. The maximum atomic E-state index is 13.4. The number of amides is 1. The molecule has 2 atom stereocenters. The number of anilines is 1. The van der Waals surface area contributed by atoms with Crippen molar-refractivity contribution in [3.8, 4) is 6.07 Å². The van der Waals surface area contributed by atoms with Crippen LogP contribution in [0.5, 0.6) is 0 Å². The largest absolute Gasteiger partial charge is 0.358 e. The van der Waals surface area contributed by atoms with E-state index in [-0.39, 0.29) is 29.3 Å². The summed E-state index contributed by atoms with van der Waals surface area (Å²) in [4.78, 5) is 28.3. The molecule has 2 aliphatic heterocycles. The number of fused-ring (bicyclic) bond motifs is 5. The molecule has 3 aromatic rings. The molecule has 3 aliphatic rings. The number of carbonyl (C=O) groups excluding carboxylic acids is 1. The summed E-state index contributed by atoms with van der Waals surface area (Å²) >= 11 is 0. The lowest BCUT2D eigenvalue weighted by molar-refractivity contribution is -0.123. The number of piperazine rings is 1. The predicted molar refractivity (Wildman–Crippen MR) is 157 cm³/mol. The number of hydrogen-bond acceptors (Lipinski definition) is 7. The van der Waals surface area contributed by atoms with E-state index >= 15 is 0 Å². The average Bonchev–Trinajstić information content (AvgIpc) is 3.01. The van der Waals surface area contributed by atoms with Crippen molar-refractivity contribution in [2.45, 2.75) is 69.6 Å². The number of hydrogen-bond donors (Lipinski definition) is 2. The van der Waals surface area contributed by atoms with Crippen molar-refractivity contribution >= 4 is 22.6 Å². The van der Waals surface area contributed by atoms with Crippen molar-refractivity contribution < 1.29 is 4.79 Å². The fourth-order valence-corrected chi connectivity index (χ4v) is 6.83. The minimum absolute atomic E-state index is 0.0116. The van der Waals surface area contributed by atoms with E-state index in [9.17, 15) is 10.1 Å². The second-order valence-electron chi connectivity index (χ2n) is 12.0. The van der Waals surface area contributed by atoms with Crippen LogP contribution in [0.15, 0.2) is 54.6 Å². The maximum absolute atomic E-state index is 13.4. The van der Waals surface area contributed by atoms with Crippen LogP contribution < -0.4 is 10.6 Å². The van der Waals surface area contributed by atoms with Crippen LogP contribution in [-0.2, 0) is 16.8 Å². The Labute approximate surface area is 236 Å². The number of nitrogens with one attached hydrogen (secondary N) is 2. The zero-order valence-electron chi connectivity index (χ0n) is 23.5. The van der Waals surface area contributed by atoms with Gasteiger partial charge in [0, 0.05) is 43.6 Å². The zero-order chi connectivity index (χ0) is 27.7. The second kappa shape index (κ2) is 11.1. The highest BCUT2D eigenvalue weighted by Crippen LogP contribution is 2.40. The van der Waals surface area contributed by atoms with E-state index in [1.54, 1.807) is 0 Å². The molecule has 1 saturated heterocycles. The molecule has 1 saturated carbocycles. The van der Waals surface area contributed by atoms with Crippen molar-refractivity contribution in [3.05, 3.63) is 66.0 Å². The Morgan fingerprint density at radius 2 is 1.70 bits per heavy atom. The summed E-state index contributed by atoms with van der Waals surface area (Å²) in [7, 11) is 0. The first-order valence-electron chi connectivity index (χ1n) is 14.7. The molecule has 2 bridgehead atoms. The highest BCUT2D eigenvalue weighted by Gasteiger charge is 2.40. The molecule has 6 rings (SSSR count). The molecular formula is C32H39N7O. The van der Waals surface area contributed by atoms with Crippen molar-refractivity contribution in [3.63, 3.8) is 0 Å². The third-order valence-electron chi connectivity index (χ3n) is 9.25. The molecule has 40 heavy (non-hydrogen) atoms. The molecule has 8 heteroatoms.